The number of carbonyl (C=O) groups is 1. The molecule has 1 atom stereocenters. The average molecular weight is 248 g/mol. The Hall–Kier alpha value is -1.88. The van der Waals surface area contributed by atoms with Crippen molar-refractivity contribution in [2.75, 3.05) is 0 Å². The van der Waals surface area contributed by atoms with Crippen LogP contribution >= 0.6 is 0 Å². The predicted octanol–water partition coefficient (Wildman–Crippen LogP) is 2.04. The Labute approximate surface area is 105 Å². The second-order valence-corrected chi connectivity index (χ2v) is 5.30. The number of carboxylic acids is 1. The van der Waals surface area contributed by atoms with E-state index in [2.05, 4.69) is 10.5 Å². The minimum absolute atomic E-state index is 0.112. The minimum Gasteiger partial charge on any atom is -0.478 e. The first-order valence-corrected chi connectivity index (χ1v) is 5.71. The van der Waals surface area contributed by atoms with Crippen LogP contribution in [0, 0.1) is 5.41 Å². The van der Waals surface area contributed by atoms with E-state index in [1.54, 1.807) is 24.3 Å². The van der Waals surface area contributed by atoms with Crippen molar-refractivity contribution < 1.29 is 14.7 Å². The first-order chi connectivity index (χ1) is 8.38. The van der Waals surface area contributed by atoms with Crippen LogP contribution in [0.2, 0.25) is 0 Å². The number of nitrogens with one attached hydrogen (secondary N) is 1. The van der Waals surface area contributed by atoms with Crippen molar-refractivity contribution in [3.8, 4) is 0 Å². The van der Waals surface area contributed by atoms with Crippen LogP contribution in [0.25, 0.3) is 0 Å². The van der Waals surface area contributed by atoms with Crippen molar-refractivity contribution in [3.63, 3.8) is 0 Å². The molecule has 1 aliphatic heterocycles. The Morgan fingerprint density at radius 2 is 2.17 bits per heavy atom. The van der Waals surface area contributed by atoms with E-state index in [1.165, 1.54) is 0 Å². The summed E-state index contributed by atoms with van der Waals surface area (Å²) in [6.45, 7) is 6.08. The highest BCUT2D eigenvalue weighted by atomic mass is 16.7. The molecule has 1 unspecified atom stereocenters. The first-order valence-electron chi connectivity index (χ1n) is 5.71. The lowest BCUT2D eigenvalue weighted by Gasteiger charge is -2.21. The van der Waals surface area contributed by atoms with E-state index in [0.29, 0.717) is 11.4 Å². The first kappa shape index (κ1) is 12.6. The van der Waals surface area contributed by atoms with E-state index in [1.807, 2.05) is 20.8 Å². The van der Waals surface area contributed by atoms with Gasteiger partial charge in [-0.3, -0.25) is 0 Å². The van der Waals surface area contributed by atoms with Crippen LogP contribution in [0.1, 0.15) is 36.7 Å². The molecule has 0 aromatic heterocycles. The van der Waals surface area contributed by atoms with Crippen molar-refractivity contribution >= 4 is 11.8 Å². The molecule has 2 rings (SSSR count). The van der Waals surface area contributed by atoms with E-state index >= 15 is 0 Å². The number of nitrogens with zero attached hydrogens (tertiary/aromatic N) is 1. The molecule has 96 valence electrons. The number of rotatable bonds is 2. The smallest absolute Gasteiger partial charge is 0.335 e. The fraction of sp³-hybridized carbons (Fsp3) is 0.385. The molecular weight excluding hydrogens is 232 g/mol. The second kappa shape index (κ2) is 4.42. The Bertz CT molecular complexity index is 503. The topological polar surface area (TPSA) is 70.9 Å². The largest absolute Gasteiger partial charge is 0.478 e. The molecule has 2 N–H and O–H groups in total. The normalized spacial score (nSPS) is 19.3. The van der Waals surface area contributed by atoms with Crippen molar-refractivity contribution in [2.24, 2.45) is 10.4 Å². The number of aromatic carboxylic acids is 1. The molecular formula is C13H16N2O3. The summed E-state index contributed by atoms with van der Waals surface area (Å²) in [5.41, 5.74) is 3.58. The Morgan fingerprint density at radius 1 is 1.44 bits per heavy atom. The summed E-state index contributed by atoms with van der Waals surface area (Å²) >= 11 is 0. The molecule has 0 spiro atoms. The zero-order valence-electron chi connectivity index (χ0n) is 10.6. The van der Waals surface area contributed by atoms with E-state index < -0.39 is 5.97 Å². The van der Waals surface area contributed by atoms with Crippen LogP contribution in [-0.2, 0) is 4.84 Å². The third kappa shape index (κ3) is 2.51. The monoisotopic (exact) mass is 248 g/mol. The van der Waals surface area contributed by atoms with Gasteiger partial charge in [0, 0.05) is 11.0 Å². The number of hydrogen-bond acceptors (Lipinski definition) is 4. The fourth-order valence-electron chi connectivity index (χ4n) is 1.59. The zero-order chi connectivity index (χ0) is 13.3. The van der Waals surface area contributed by atoms with Gasteiger partial charge in [-0.2, -0.15) is 0 Å². The number of amidine groups is 1. The van der Waals surface area contributed by atoms with Gasteiger partial charge in [0.25, 0.3) is 0 Å². The minimum atomic E-state index is -0.955. The van der Waals surface area contributed by atoms with E-state index in [4.69, 9.17) is 9.94 Å². The molecule has 0 fully saturated rings. The van der Waals surface area contributed by atoms with Crippen LogP contribution in [0.3, 0.4) is 0 Å². The average Bonchev–Trinajstić information content (AvgIpc) is 2.78. The third-order valence-corrected chi connectivity index (χ3v) is 2.64. The molecule has 5 nitrogen and oxygen atoms in total. The highest BCUT2D eigenvalue weighted by Crippen LogP contribution is 2.26. The molecule has 1 aromatic carbocycles. The Morgan fingerprint density at radius 3 is 2.72 bits per heavy atom. The highest BCUT2D eigenvalue weighted by molar-refractivity contribution is 6.01. The number of aliphatic imine (C=N–C) groups is 1. The number of hydrogen-bond donors (Lipinski definition) is 2. The van der Waals surface area contributed by atoms with Crippen molar-refractivity contribution in [1.82, 2.24) is 5.48 Å². The van der Waals surface area contributed by atoms with Crippen LogP contribution in [0.4, 0.5) is 0 Å². The number of hydroxylamine groups is 1. The molecule has 1 aliphatic rings. The van der Waals surface area contributed by atoms with Gasteiger partial charge in [0.2, 0.25) is 0 Å². The molecule has 0 aliphatic carbocycles. The molecule has 0 saturated carbocycles. The molecule has 0 saturated heterocycles. The number of carboxylic acid groups (broad SMARTS) is 1. The third-order valence-electron chi connectivity index (χ3n) is 2.64. The van der Waals surface area contributed by atoms with Gasteiger partial charge in [0.15, 0.2) is 12.1 Å². The van der Waals surface area contributed by atoms with E-state index in [0.717, 1.165) is 0 Å². The molecule has 0 amide bonds. The molecule has 0 bridgehead atoms. The van der Waals surface area contributed by atoms with Gasteiger partial charge in [-0.1, -0.05) is 32.9 Å². The lowest BCUT2D eigenvalue weighted by molar-refractivity contribution is -0.0259. The Kier molecular flexibility index (Phi) is 3.09. The summed E-state index contributed by atoms with van der Waals surface area (Å²) in [5, 5.41) is 8.94. The quantitative estimate of drug-likeness (QED) is 0.840. The lowest BCUT2D eigenvalue weighted by Crippen LogP contribution is -2.27. The molecule has 1 aromatic rings. The maximum absolute atomic E-state index is 10.9. The number of benzene rings is 1. The summed E-state index contributed by atoms with van der Waals surface area (Å²) < 4.78 is 0. The summed E-state index contributed by atoms with van der Waals surface area (Å²) in [4.78, 5) is 20.7. The maximum atomic E-state index is 10.9. The van der Waals surface area contributed by atoms with Gasteiger partial charge < -0.3 is 5.11 Å². The molecule has 18 heavy (non-hydrogen) atoms. The Balaban J connectivity index is 2.28. The predicted molar refractivity (Wildman–Crippen MR) is 67.4 cm³/mol. The summed E-state index contributed by atoms with van der Waals surface area (Å²) in [7, 11) is 0. The summed E-state index contributed by atoms with van der Waals surface area (Å²) in [6.07, 6.45) is -0.277. The molecule has 1 heterocycles. The van der Waals surface area contributed by atoms with Crippen molar-refractivity contribution in [2.45, 2.75) is 27.0 Å². The van der Waals surface area contributed by atoms with Crippen molar-refractivity contribution in [3.05, 3.63) is 35.4 Å². The zero-order valence-corrected chi connectivity index (χ0v) is 10.6. The van der Waals surface area contributed by atoms with Crippen LogP contribution in [0.15, 0.2) is 29.3 Å². The molecule has 5 heteroatoms. The van der Waals surface area contributed by atoms with Crippen LogP contribution in [-0.4, -0.2) is 23.1 Å². The van der Waals surface area contributed by atoms with Gasteiger partial charge in [-0.15, -0.1) is 0 Å². The summed E-state index contributed by atoms with van der Waals surface area (Å²) in [6, 6.07) is 6.60. The van der Waals surface area contributed by atoms with E-state index in [-0.39, 0.29) is 17.2 Å². The van der Waals surface area contributed by atoms with Gasteiger partial charge in [-0.25, -0.2) is 20.1 Å². The van der Waals surface area contributed by atoms with Crippen molar-refractivity contribution in [1.29, 1.82) is 0 Å². The standard InChI is InChI=1S/C13H16N2O3/c1-13(2,3)12-14-10(15-18-12)8-5-4-6-9(7-8)11(16)17/h4-7,12H,1-3H3,(H,14,15)(H,16,17). The fourth-order valence-corrected chi connectivity index (χ4v) is 1.59. The van der Waals surface area contributed by atoms with Gasteiger partial charge in [-0.05, 0) is 12.1 Å². The maximum Gasteiger partial charge on any atom is 0.335 e. The molecule has 0 radical (unpaired) electrons. The van der Waals surface area contributed by atoms with Crippen LogP contribution in [0.5, 0.6) is 0 Å². The van der Waals surface area contributed by atoms with Gasteiger partial charge in [0.05, 0.1) is 5.56 Å². The van der Waals surface area contributed by atoms with Crippen LogP contribution < -0.4 is 5.48 Å². The summed E-state index contributed by atoms with van der Waals surface area (Å²) in [5.74, 6) is -0.387. The lowest BCUT2D eigenvalue weighted by atomic mass is 9.95. The van der Waals surface area contributed by atoms with Gasteiger partial charge in [0.1, 0.15) is 0 Å². The van der Waals surface area contributed by atoms with E-state index in [9.17, 15) is 4.79 Å². The van der Waals surface area contributed by atoms with Gasteiger partial charge >= 0.3 is 5.97 Å². The SMILES string of the molecule is CC(C)(C)C1N=C(c2cccc(C(=O)O)c2)NO1. The second-order valence-electron chi connectivity index (χ2n) is 5.30. The highest BCUT2D eigenvalue weighted by Gasteiger charge is 2.30.